The lowest BCUT2D eigenvalue weighted by atomic mass is 9.85. The van der Waals surface area contributed by atoms with E-state index in [1.165, 1.54) is 6.07 Å². The monoisotopic (exact) mass is 299 g/mol. The molecule has 0 radical (unpaired) electrons. The van der Waals surface area contributed by atoms with Crippen LogP contribution in [0.15, 0.2) is 18.2 Å². The number of hydrogen-bond donors (Lipinski definition) is 2. The molecule has 2 rings (SSSR count). The van der Waals surface area contributed by atoms with E-state index in [1.807, 2.05) is 0 Å². The van der Waals surface area contributed by atoms with Gasteiger partial charge in [-0.25, -0.2) is 8.78 Å². The minimum Gasteiger partial charge on any atom is -0.481 e. The van der Waals surface area contributed by atoms with Gasteiger partial charge in [-0.1, -0.05) is 6.07 Å². The quantitative estimate of drug-likeness (QED) is 0.882. The van der Waals surface area contributed by atoms with Gasteiger partial charge in [0.05, 0.1) is 11.8 Å². The van der Waals surface area contributed by atoms with Crippen molar-refractivity contribution >= 4 is 11.9 Å². The molecule has 0 aromatic heterocycles. The van der Waals surface area contributed by atoms with Crippen LogP contribution in [0.5, 0.6) is 0 Å². The third-order valence-electron chi connectivity index (χ3n) is 3.77. The molecule has 0 amide bonds. The zero-order chi connectivity index (χ0) is 15.6. The van der Waals surface area contributed by atoms with Crippen LogP contribution < -0.4 is 0 Å². The molecule has 1 aliphatic heterocycles. The van der Waals surface area contributed by atoms with Crippen LogP contribution in [0.1, 0.15) is 12.0 Å². The molecule has 1 aromatic carbocycles. The van der Waals surface area contributed by atoms with Crippen molar-refractivity contribution < 1.29 is 28.6 Å². The molecular formula is C14H15F2NO4. The predicted octanol–water partition coefficient (Wildman–Crippen LogP) is 1.57. The van der Waals surface area contributed by atoms with Crippen LogP contribution in [0, 0.1) is 23.5 Å². The van der Waals surface area contributed by atoms with Crippen molar-refractivity contribution in [1.82, 2.24) is 4.90 Å². The minimum atomic E-state index is -1.21. The Morgan fingerprint density at radius 3 is 2.24 bits per heavy atom. The second kappa shape index (κ2) is 6.17. The number of halogens is 2. The number of hydrogen-bond acceptors (Lipinski definition) is 3. The molecule has 7 heteroatoms. The number of carboxylic acid groups (broad SMARTS) is 2. The molecule has 21 heavy (non-hydrogen) atoms. The fraction of sp³-hybridized carbons (Fsp3) is 0.429. The molecule has 0 bridgehead atoms. The molecule has 1 saturated heterocycles. The maximum atomic E-state index is 13.6. The average molecular weight is 299 g/mol. The summed E-state index contributed by atoms with van der Waals surface area (Å²) in [7, 11) is 0. The van der Waals surface area contributed by atoms with Gasteiger partial charge in [-0.15, -0.1) is 0 Å². The summed E-state index contributed by atoms with van der Waals surface area (Å²) in [5.74, 6) is -5.79. The first-order valence-electron chi connectivity index (χ1n) is 6.51. The minimum absolute atomic E-state index is 0.0416. The van der Waals surface area contributed by atoms with E-state index in [1.54, 1.807) is 4.90 Å². The van der Waals surface area contributed by atoms with Crippen molar-refractivity contribution in [3.05, 3.63) is 35.4 Å². The molecule has 2 atom stereocenters. The van der Waals surface area contributed by atoms with Crippen molar-refractivity contribution in [1.29, 1.82) is 0 Å². The third kappa shape index (κ3) is 3.36. The van der Waals surface area contributed by atoms with Gasteiger partial charge in [-0.05, 0) is 25.1 Å². The maximum Gasteiger partial charge on any atom is 0.308 e. The summed E-state index contributed by atoms with van der Waals surface area (Å²) in [6.45, 7) is 0.170. The van der Waals surface area contributed by atoms with E-state index < -0.39 is 35.4 Å². The Balaban J connectivity index is 2.13. The first-order chi connectivity index (χ1) is 9.90. The summed E-state index contributed by atoms with van der Waals surface area (Å²) in [5, 5.41) is 18.1. The SMILES string of the molecule is O=C(O)C1CCN(Cc2c(F)cccc2F)CC1C(=O)O. The van der Waals surface area contributed by atoms with Gasteiger partial charge in [0, 0.05) is 18.7 Å². The van der Waals surface area contributed by atoms with Crippen LogP contribution in [0.3, 0.4) is 0 Å². The van der Waals surface area contributed by atoms with Gasteiger partial charge in [0.2, 0.25) is 0 Å². The van der Waals surface area contributed by atoms with Gasteiger partial charge < -0.3 is 10.2 Å². The van der Waals surface area contributed by atoms with E-state index in [9.17, 15) is 18.4 Å². The molecule has 0 aliphatic carbocycles. The standard InChI is InChI=1S/C14H15F2NO4/c15-11-2-1-3-12(16)10(11)7-17-5-4-8(13(18)19)9(6-17)14(20)21/h1-3,8-9H,4-7H2,(H,18,19)(H,20,21). The van der Waals surface area contributed by atoms with Gasteiger partial charge in [0.25, 0.3) is 0 Å². The number of carbonyl (C=O) groups is 2. The van der Waals surface area contributed by atoms with Crippen molar-refractivity contribution in [3.8, 4) is 0 Å². The zero-order valence-electron chi connectivity index (χ0n) is 11.1. The third-order valence-corrected chi connectivity index (χ3v) is 3.77. The summed E-state index contributed by atoms with van der Waals surface area (Å²) in [6.07, 6.45) is 0.141. The predicted molar refractivity (Wildman–Crippen MR) is 68.5 cm³/mol. The number of benzene rings is 1. The largest absolute Gasteiger partial charge is 0.481 e. The van der Waals surface area contributed by atoms with E-state index >= 15 is 0 Å². The van der Waals surface area contributed by atoms with E-state index in [-0.39, 0.29) is 31.6 Å². The molecule has 2 unspecified atom stereocenters. The van der Waals surface area contributed by atoms with Crippen molar-refractivity contribution in [2.75, 3.05) is 13.1 Å². The first kappa shape index (κ1) is 15.4. The average Bonchev–Trinajstić information content (AvgIpc) is 2.42. The first-order valence-corrected chi connectivity index (χ1v) is 6.51. The van der Waals surface area contributed by atoms with E-state index in [0.29, 0.717) is 0 Å². The molecule has 5 nitrogen and oxygen atoms in total. The summed E-state index contributed by atoms with van der Waals surface area (Å²) >= 11 is 0. The smallest absolute Gasteiger partial charge is 0.308 e. The number of rotatable bonds is 4. The molecule has 1 aliphatic rings. The van der Waals surface area contributed by atoms with Crippen LogP contribution in [0.25, 0.3) is 0 Å². The van der Waals surface area contributed by atoms with Crippen LogP contribution in [-0.2, 0) is 16.1 Å². The lowest BCUT2D eigenvalue weighted by Gasteiger charge is -2.34. The van der Waals surface area contributed by atoms with Crippen LogP contribution in [-0.4, -0.2) is 40.1 Å². The van der Waals surface area contributed by atoms with E-state index in [4.69, 9.17) is 10.2 Å². The topological polar surface area (TPSA) is 77.8 Å². The highest BCUT2D eigenvalue weighted by molar-refractivity contribution is 5.80. The van der Waals surface area contributed by atoms with Gasteiger partial charge in [0.15, 0.2) is 0 Å². The van der Waals surface area contributed by atoms with Gasteiger partial charge in [-0.2, -0.15) is 0 Å². The van der Waals surface area contributed by atoms with Crippen LogP contribution in [0.4, 0.5) is 8.78 Å². The molecule has 114 valence electrons. The second-order valence-corrected chi connectivity index (χ2v) is 5.11. The Kier molecular flexibility index (Phi) is 4.52. The highest BCUT2D eigenvalue weighted by atomic mass is 19.1. The van der Waals surface area contributed by atoms with Gasteiger partial charge in [0.1, 0.15) is 11.6 Å². The summed E-state index contributed by atoms with van der Waals surface area (Å²) in [6, 6.07) is 3.53. The fourth-order valence-electron chi connectivity index (χ4n) is 2.62. The second-order valence-electron chi connectivity index (χ2n) is 5.11. The highest BCUT2D eigenvalue weighted by Gasteiger charge is 2.38. The van der Waals surface area contributed by atoms with Crippen molar-refractivity contribution in [3.63, 3.8) is 0 Å². The molecule has 1 heterocycles. The zero-order valence-corrected chi connectivity index (χ0v) is 11.1. The van der Waals surface area contributed by atoms with Gasteiger partial charge in [-0.3, -0.25) is 14.5 Å². The van der Waals surface area contributed by atoms with E-state index in [0.717, 1.165) is 12.1 Å². The summed E-state index contributed by atoms with van der Waals surface area (Å²) < 4.78 is 27.2. The Labute approximate surface area is 119 Å². The molecular weight excluding hydrogens is 284 g/mol. The normalized spacial score (nSPS) is 23.0. The summed E-state index contributed by atoms with van der Waals surface area (Å²) in [5.41, 5.74) is -0.129. The fourth-order valence-corrected chi connectivity index (χ4v) is 2.62. The lowest BCUT2D eigenvalue weighted by molar-refractivity contribution is -0.157. The van der Waals surface area contributed by atoms with Crippen molar-refractivity contribution in [2.45, 2.75) is 13.0 Å². The molecule has 0 saturated carbocycles. The molecule has 0 spiro atoms. The number of piperidine rings is 1. The lowest BCUT2D eigenvalue weighted by Crippen LogP contribution is -2.46. The van der Waals surface area contributed by atoms with Crippen LogP contribution >= 0.6 is 0 Å². The number of nitrogens with zero attached hydrogens (tertiary/aromatic N) is 1. The number of carboxylic acids is 2. The molecule has 1 fully saturated rings. The van der Waals surface area contributed by atoms with Crippen molar-refractivity contribution in [2.24, 2.45) is 11.8 Å². The summed E-state index contributed by atoms with van der Waals surface area (Å²) in [4.78, 5) is 23.8. The highest BCUT2D eigenvalue weighted by Crippen LogP contribution is 2.26. The Bertz CT molecular complexity index is 544. The Morgan fingerprint density at radius 1 is 1.14 bits per heavy atom. The number of aliphatic carboxylic acids is 2. The van der Waals surface area contributed by atoms with Crippen LogP contribution in [0.2, 0.25) is 0 Å². The van der Waals surface area contributed by atoms with E-state index in [2.05, 4.69) is 0 Å². The maximum absolute atomic E-state index is 13.6. The Morgan fingerprint density at radius 2 is 1.71 bits per heavy atom. The molecule has 1 aromatic rings. The number of likely N-dealkylation sites (tertiary alicyclic amines) is 1. The Hall–Kier alpha value is -2.02. The molecule has 2 N–H and O–H groups in total. The van der Waals surface area contributed by atoms with Gasteiger partial charge >= 0.3 is 11.9 Å².